The van der Waals surface area contributed by atoms with E-state index in [-0.39, 0.29) is 17.5 Å². The Hall–Kier alpha value is -2.44. The largest absolute Gasteiger partial charge is 0.496 e. The highest BCUT2D eigenvalue weighted by Crippen LogP contribution is 2.22. The van der Waals surface area contributed by atoms with Crippen molar-refractivity contribution >= 4 is 5.97 Å². The van der Waals surface area contributed by atoms with Gasteiger partial charge in [0.15, 0.2) is 0 Å². The molecule has 1 aliphatic rings. The second-order valence-electron chi connectivity index (χ2n) is 6.40. The molecule has 3 rings (SSSR count). The number of methoxy groups -OCH3 is 1. The summed E-state index contributed by atoms with van der Waals surface area (Å²) in [5.74, 6) is -0.883. The van der Waals surface area contributed by atoms with Crippen molar-refractivity contribution in [1.29, 1.82) is 0 Å². The van der Waals surface area contributed by atoms with E-state index in [1.165, 1.54) is 19.2 Å². The highest BCUT2D eigenvalue weighted by Gasteiger charge is 2.21. The summed E-state index contributed by atoms with van der Waals surface area (Å²) in [5.41, 5.74) is 2.13. The first kappa shape index (κ1) is 18.4. The minimum atomic E-state index is -1.00. The van der Waals surface area contributed by atoms with E-state index in [9.17, 15) is 14.3 Å². The SMILES string of the molecule is COc1ccc(CN2CCOC(Cc3ccc(F)cc3)C2)cc1C(=O)O. The number of ether oxygens (including phenoxy) is 2. The smallest absolute Gasteiger partial charge is 0.339 e. The fraction of sp³-hybridized carbons (Fsp3) is 0.350. The number of nitrogens with zero attached hydrogens (tertiary/aromatic N) is 1. The molecule has 2 aromatic rings. The lowest BCUT2D eigenvalue weighted by Crippen LogP contribution is -2.42. The Morgan fingerprint density at radius 1 is 1.27 bits per heavy atom. The zero-order chi connectivity index (χ0) is 18.5. The average molecular weight is 359 g/mol. The van der Waals surface area contributed by atoms with Gasteiger partial charge < -0.3 is 14.6 Å². The molecule has 2 aromatic carbocycles. The van der Waals surface area contributed by atoms with E-state index in [4.69, 9.17) is 9.47 Å². The molecule has 6 heteroatoms. The number of hydrogen-bond donors (Lipinski definition) is 1. The lowest BCUT2D eigenvalue weighted by molar-refractivity contribution is -0.0305. The van der Waals surface area contributed by atoms with Gasteiger partial charge in [-0.3, -0.25) is 4.90 Å². The standard InChI is InChI=1S/C20H22FNO4/c1-25-19-7-4-15(11-18(19)20(23)24)12-22-8-9-26-17(13-22)10-14-2-5-16(21)6-3-14/h2-7,11,17H,8-10,12-13H2,1H3,(H,23,24). The topological polar surface area (TPSA) is 59.0 Å². The van der Waals surface area contributed by atoms with Gasteiger partial charge in [0.25, 0.3) is 0 Å². The highest BCUT2D eigenvalue weighted by molar-refractivity contribution is 5.91. The summed E-state index contributed by atoms with van der Waals surface area (Å²) >= 11 is 0. The lowest BCUT2D eigenvalue weighted by atomic mass is 10.1. The average Bonchev–Trinajstić information content (AvgIpc) is 2.64. The summed E-state index contributed by atoms with van der Waals surface area (Å²) in [6.45, 7) is 2.79. The first-order valence-corrected chi connectivity index (χ1v) is 8.54. The first-order valence-electron chi connectivity index (χ1n) is 8.54. The molecule has 26 heavy (non-hydrogen) atoms. The molecule has 1 unspecified atom stereocenters. The molecular weight excluding hydrogens is 337 g/mol. The molecule has 0 saturated carbocycles. The number of hydrogen-bond acceptors (Lipinski definition) is 4. The third-order valence-corrected chi connectivity index (χ3v) is 4.50. The predicted octanol–water partition coefficient (Wildman–Crippen LogP) is 2.98. The van der Waals surface area contributed by atoms with Gasteiger partial charge in [0.05, 0.1) is 19.8 Å². The summed E-state index contributed by atoms with van der Waals surface area (Å²) in [4.78, 5) is 13.6. The molecule has 5 nitrogen and oxygen atoms in total. The molecular formula is C20H22FNO4. The molecule has 0 radical (unpaired) electrons. The van der Waals surface area contributed by atoms with E-state index < -0.39 is 5.97 Å². The molecule has 1 atom stereocenters. The number of rotatable bonds is 6. The Bertz CT molecular complexity index is 763. The van der Waals surface area contributed by atoms with Gasteiger partial charge in [-0.05, 0) is 41.8 Å². The minimum absolute atomic E-state index is 0.0337. The van der Waals surface area contributed by atoms with Crippen LogP contribution < -0.4 is 4.74 Å². The summed E-state index contributed by atoms with van der Waals surface area (Å²) < 4.78 is 24.0. The van der Waals surface area contributed by atoms with Crippen LogP contribution in [0.4, 0.5) is 4.39 Å². The van der Waals surface area contributed by atoms with Crippen molar-refractivity contribution in [3.05, 3.63) is 65.0 Å². The maximum Gasteiger partial charge on any atom is 0.339 e. The Balaban J connectivity index is 1.64. The first-order chi connectivity index (χ1) is 12.5. The van der Waals surface area contributed by atoms with Gasteiger partial charge in [-0.15, -0.1) is 0 Å². The van der Waals surface area contributed by atoms with Gasteiger partial charge in [0, 0.05) is 19.6 Å². The molecule has 0 spiro atoms. The van der Waals surface area contributed by atoms with Crippen LogP contribution in [0.5, 0.6) is 5.75 Å². The molecule has 1 N–H and O–H groups in total. The van der Waals surface area contributed by atoms with Gasteiger partial charge in [0.1, 0.15) is 17.1 Å². The van der Waals surface area contributed by atoms with Crippen LogP contribution in [-0.2, 0) is 17.7 Å². The van der Waals surface area contributed by atoms with Crippen LogP contribution in [-0.4, -0.2) is 48.9 Å². The van der Waals surface area contributed by atoms with Gasteiger partial charge in [-0.25, -0.2) is 9.18 Å². The van der Waals surface area contributed by atoms with Crippen molar-refractivity contribution in [2.75, 3.05) is 26.8 Å². The van der Waals surface area contributed by atoms with Crippen LogP contribution in [0.15, 0.2) is 42.5 Å². The number of halogens is 1. The molecule has 0 amide bonds. The molecule has 0 aliphatic carbocycles. The van der Waals surface area contributed by atoms with Crippen LogP contribution in [0, 0.1) is 5.82 Å². The molecule has 0 bridgehead atoms. The number of benzene rings is 2. The Labute approximate surface area is 152 Å². The van der Waals surface area contributed by atoms with E-state index in [2.05, 4.69) is 4.90 Å². The quantitative estimate of drug-likeness (QED) is 0.859. The number of carbonyl (C=O) groups is 1. The normalized spacial score (nSPS) is 17.8. The van der Waals surface area contributed by atoms with Crippen LogP contribution >= 0.6 is 0 Å². The lowest BCUT2D eigenvalue weighted by Gasteiger charge is -2.33. The second kappa shape index (κ2) is 8.29. The zero-order valence-corrected chi connectivity index (χ0v) is 14.7. The van der Waals surface area contributed by atoms with Crippen LogP contribution in [0.2, 0.25) is 0 Å². The molecule has 138 valence electrons. The van der Waals surface area contributed by atoms with Crippen LogP contribution in [0.25, 0.3) is 0 Å². The second-order valence-corrected chi connectivity index (χ2v) is 6.40. The Morgan fingerprint density at radius 3 is 2.69 bits per heavy atom. The predicted molar refractivity (Wildman–Crippen MR) is 95.1 cm³/mol. The summed E-state index contributed by atoms with van der Waals surface area (Å²) in [5, 5.41) is 9.31. The van der Waals surface area contributed by atoms with Gasteiger partial charge in [-0.1, -0.05) is 18.2 Å². The summed E-state index contributed by atoms with van der Waals surface area (Å²) in [6, 6.07) is 11.7. The van der Waals surface area contributed by atoms with Crippen LogP contribution in [0.1, 0.15) is 21.5 Å². The van der Waals surface area contributed by atoms with Crippen molar-refractivity contribution in [2.24, 2.45) is 0 Å². The van der Waals surface area contributed by atoms with Gasteiger partial charge >= 0.3 is 5.97 Å². The van der Waals surface area contributed by atoms with Gasteiger partial charge in [0.2, 0.25) is 0 Å². The molecule has 1 fully saturated rings. The number of aromatic carboxylic acids is 1. The minimum Gasteiger partial charge on any atom is -0.496 e. The van der Waals surface area contributed by atoms with Crippen molar-refractivity contribution in [1.82, 2.24) is 4.90 Å². The van der Waals surface area contributed by atoms with Crippen LogP contribution in [0.3, 0.4) is 0 Å². The number of morpholine rings is 1. The Morgan fingerprint density at radius 2 is 2.00 bits per heavy atom. The van der Waals surface area contributed by atoms with E-state index in [1.54, 1.807) is 24.3 Å². The van der Waals surface area contributed by atoms with Crippen molar-refractivity contribution in [3.63, 3.8) is 0 Å². The third-order valence-electron chi connectivity index (χ3n) is 4.50. The maximum absolute atomic E-state index is 13.0. The number of carboxylic acids is 1. The summed E-state index contributed by atoms with van der Waals surface area (Å²) in [7, 11) is 1.46. The highest BCUT2D eigenvalue weighted by atomic mass is 19.1. The fourth-order valence-electron chi connectivity index (χ4n) is 3.21. The molecule has 1 heterocycles. The zero-order valence-electron chi connectivity index (χ0n) is 14.7. The van der Waals surface area contributed by atoms with Crippen molar-refractivity contribution in [2.45, 2.75) is 19.1 Å². The van der Waals surface area contributed by atoms with E-state index in [0.717, 1.165) is 30.6 Å². The van der Waals surface area contributed by atoms with Crippen molar-refractivity contribution < 1.29 is 23.8 Å². The van der Waals surface area contributed by atoms with E-state index in [1.807, 2.05) is 6.07 Å². The maximum atomic E-state index is 13.0. The Kier molecular flexibility index (Phi) is 5.85. The van der Waals surface area contributed by atoms with Gasteiger partial charge in [-0.2, -0.15) is 0 Å². The van der Waals surface area contributed by atoms with Crippen molar-refractivity contribution in [3.8, 4) is 5.75 Å². The summed E-state index contributed by atoms with van der Waals surface area (Å²) in [6.07, 6.45) is 0.756. The molecule has 1 aliphatic heterocycles. The molecule has 0 aromatic heterocycles. The molecule has 1 saturated heterocycles. The van der Waals surface area contributed by atoms with E-state index >= 15 is 0 Å². The monoisotopic (exact) mass is 359 g/mol. The number of carboxylic acid groups (broad SMARTS) is 1. The van der Waals surface area contributed by atoms with E-state index in [0.29, 0.717) is 18.9 Å². The third kappa shape index (κ3) is 4.59. The fourth-order valence-corrected chi connectivity index (χ4v) is 3.21.